The van der Waals surface area contributed by atoms with Crippen LogP contribution < -0.4 is 10.1 Å². The molecule has 1 rings (SSSR count). The van der Waals surface area contributed by atoms with Crippen molar-refractivity contribution in [2.75, 3.05) is 19.7 Å². The van der Waals surface area contributed by atoms with E-state index in [1.54, 1.807) is 0 Å². The summed E-state index contributed by atoms with van der Waals surface area (Å²) >= 11 is 0. The van der Waals surface area contributed by atoms with Gasteiger partial charge in [-0.1, -0.05) is 39.8 Å². The van der Waals surface area contributed by atoms with Crippen LogP contribution >= 0.6 is 0 Å². The van der Waals surface area contributed by atoms with E-state index in [4.69, 9.17) is 4.74 Å². The molecule has 96 valence electrons. The van der Waals surface area contributed by atoms with Gasteiger partial charge in [0.2, 0.25) is 0 Å². The lowest BCUT2D eigenvalue weighted by Crippen LogP contribution is -2.20. The van der Waals surface area contributed by atoms with Gasteiger partial charge in [-0.2, -0.15) is 0 Å². The minimum absolute atomic E-state index is 0.252. The van der Waals surface area contributed by atoms with E-state index in [9.17, 15) is 0 Å². The summed E-state index contributed by atoms with van der Waals surface area (Å²) in [5.41, 5.74) is 1.63. The number of benzene rings is 1. The van der Waals surface area contributed by atoms with E-state index in [-0.39, 0.29) is 5.41 Å². The van der Waals surface area contributed by atoms with E-state index in [0.29, 0.717) is 0 Å². The van der Waals surface area contributed by atoms with Gasteiger partial charge in [-0.05, 0) is 36.1 Å². The first-order valence-corrected chi connectivity index (χ1v) is 6.54. The minimum atomic E-state index is 0.252. The van der Waals surface area contributed by atoms with Crippen LogP contribution in [-0.4, -0.2) is 19.7 Å². The number of rotatable bonds is 7. The van der Waals surface area contributed by atoms with Crippen LogP contribution in [0.15, 0.2) is 24.3 Å². The fourth-order valence-electron chi connectivity index (χ4n) is 1.62. The molecule has 0 saturated carbocycles. The fourth-order valence-corrected chi connectivity index (χ4v) is 1.62. The number of ether oxygens (including phenoxy) is 1. The van der Waals surface area contributed by atoms with Crippen molar-refractivity contribution in [2.24, 2.45) is 0 Å². The Bertz CT molecular complexity index is 316. The zero-order valence-corrected chi connectivity index (χ0v) is 11.5. The maximum absolute atomic E-state index is 5.65. The normalized spacial score (nSPS) is 11.5. The third-order valence-corrected chi connectivity index (χ3v) is 3.32. The molecule has 1 N–H and O–H groups in total. The molecule has 0 spiro atoms. The van der Waals surface area contributed by atoms with Crippen LogP contribution in [-0.2, 0) is 5.41 Å². The molecule has 0 fully saturated rings. The largest absolute Gasteiger partial charge is 0.492 e. The summed E-state index contributed by atoms with van der Waals surface area (Å²) in [6, 6.07) is 8.48. The summed E-state index contributed by atoms with van der Waals surface area (Å²) in [5.74, 6) is 0.957. The molecule has 0 aliphatic heterocycles. The summed E-state index contributed by atoms with van der Waals surface area (Å²) in [6.07, 6.45) is 1.15. The van der Waals surface area contributed by atoms with Crippen molar-refractivity contribution in [1.82, 2.24) is 5.32 Å². The summed E-state index contributed by atoms with van der Waals surface area (Å²) in [7, 11) is 0. The maximum atomic E-state index is 5.65. The smallest absolute Gasteiger partial charge is 0.119 e. The molecule has 0 saturated heterocycles. The Labute approximate surface area is 105 Å². The number of likely N-dealkylation sites (N-methyl/N-ethyl adjacent to an activating group) is 1. The standard InChI is InChI=1S/C15H25NO/c1-5-15(3,4)13-7-9-14(10-8-13)17-12-11-16-6-2/h7-10,16H,5-6,11-12H2,1-4H3. The van der Waals surface area contributed by atoms with Crippen LogP contribution in [0.2, 0.25) is 0 Å². The van der Waals surface area contributed by atoms with Crippen LogP contribution in [0, 0.1) is 0 Å². The molecule has 2 nitrogen and oxygen atoms in total. The molecule has 0 heterocycles. The first kappa shape index (κ1) is 14.0. The molecule has 0 amide bonds. The summed E-state index contributed by atoms with van der Waals surface area (Å²) in [5, 5.41) is 3.24. The van der Waals surface area contributed by atoms with E-state index in [1.165, 1.54) is 5.56 Å². The van der Waals surface area contributed by atoms with Gasteiger partial charge >= 0.3 is 0 Å². The van der Waals surface area contributed by atoms with E-state index < -0.39 is 0 Å². The highest BCUT2D eigenvalue weighted by molar-refractivity contribution is 5.31. The predicted octanol–water partition coefficient (Wildman–Crippen LogP) is 3.36. The highest BCUT2D eigenvalue weighted by Gasteiger charge is 2.17. The molecule has 2 heteroatoms. The first-order chi connectivity index (χ1) is 8.10. The second-order valence-electron chi connectivity index (χ2n) is 4.96. The summed E-state index contributed by atoms with van der Waals surface area (Å²) in [6.45, 7) is 11.5. The van der Waals surface area contributed by atoms with E-state index >= 15 is 0 Å². The third-order valence-electron chi connectivity index (χ3n) is 3.32. The van der Waals surface area contributed by atoms with Crippen molar-refractivity contribution in [3.8, 4) is 5.75 Å². The van der Waals surface area contributed by atoms with Crippen molar-refractivity contribution < 1.29 is 4.74 Å². The molecular weight excluding hydrogens is 210 g/mol. The number of nitrogens with one attached hydrogen (secondary N) is 1. The Balaban J connectivity index is 2.50. The predicted molar refractivity (Wildman–Crippen MR) is 73.8 cm³/mol. The van der Waals surface area contributed by atoms with Gasteiger partial charge in [-0.15, -0.1) is 0 Å². The molecule has 1 aromatic rings. The third kappa shape index (κ3) is 4.39. The van der Waals surface area contributed by atoms with Crippen molar-refractivity contribution in [3.63, 3.8) is 0 Å². The molecule has 0 aliphatic carbocycles. The first-order valence-electron chi connectivity index (χ1n) is 6.54. The molecule has 0 atom stereocenters. The van der Waals surface area contributed by atoms with Crippen molar-refractivity contribution in [3.05, 3.63) is 29.8 Å². The van der Waals surface area contributed by atoms with Gasteiger partial charge in [0, 0.05) is 6.54 Å². The van der Waals surface area contributed by atoms with Crippen molar-refractivity contribution >= 4 is 0 Å². The molecule has 0 aliphatic rings. The molecule has 0 radical (unpaired) electrons. The van der Waals surface area contributed by atoms with Crippen molar-refractivity contribution in [1.29, 1.82) is 0 Å². The Morgan fingerprint density at radius 3 is 2.29 bits per heavy atom. The SMILES string of the molecule is CCNCCOc1ccc(C(C)(C)CC)cc1. The zero-order chi connectivity index (χ0) is 12.7. The Hall–Kier alpha value is -1.02. The van der Waals surface area contributed by atoms with Gasteiger partial charge in [-0.25, -0.2) is 0 Å². The quantitative estimate of drug-likeness (QED) is 0.732. The Morgan fingerprint density at radius 1 is 1.12 bits per heavy atom. The molecule has 0 bridgehead atoms. The lowest BCUT2D eigenvalue weighted by atomic mass is 9.82. The number of hydrogen-bond donors (Lipinski definition) is 1. The molecular formula is C15H25NO. The minimum Gasteiger partial charge on any atom is -0.492 e. The Morgan fingerprint density at radius 2 is 1.76 bits per heavy atom. The maximum Gasteiger partial charge on any atom is 0.119 e. The van der Waals surface area contributed by atoms with Gasteiger partial charge in [0.25, 0.3) is 0 Å². The van der Waals surface area contributed by atoms with Gasteiger partial charge in [0.1, 0.15) is 12.4 Å². The van der Waals surface area contributed by atoms with Crippen LogP contribution in [0.5, 0.6) is 5.75 Å². The average Bonchev–Trinajstić information content (AvgIpc) is 2.35. The highest BCUT2D eigenvalue weighted by atomic mass is 16.5. The number of hydrogen-bond acceptors (Lipinski definition) is 2. The van der Waals surface area contributed by atoms with Crippen molar-refractivity contribution in [2.45, 2.75) is 39.5 Å². The summed E-state index contributed by atoms with van der Waals surface area (Å²) < 4.78 is 5.65. The van der Waals surface area contributed by atoms with E-state index in [1.807, 2.05) is 0 Å². The van der Waals surface area contributed by atoms with Gasteiger partial charge in [-0.3, -0.25) is 0 Å². The zero-order valence-electron chi connectivity index (χ0n) is 11.5. The molecule has 0 unspecified atom stereocenters. The van der Waals surface area contributed by atoms with Crippen LogP contribution in [0.3, 0.4) is 0 Å². The van der Waals surface area contributed by atoms with Gasteiger partial charge in [0.15, 0.2) is 0 Å². The van der Waals surface area contributed by atoms with Crippen LogP contribution in [0.25, 0.3) is 0 Å². The lowest BCUT2D eigenvalue weighted by Gasteiger charge is -2.23. The average molecular weight is 235 g/mol. The van der Waals surface area contributed by atoms with E-state index in [2.05, 4.69) is 57.3 Å². The lowest BCUT2D eigenvalue weighted by molar-refractivity contribution is 0.315. The molecule has 0 aromatic heterocycles. The van der Waals surface area contributed by atoms with Gasteiger partial charge in [0.05, 0.1) is 0 Å². The van der Waals surface area contributed by atoms with Crippen LogP contribution in [0.4, 0.5) is 0 Å². The van der Waals surface area contributed by atoms with E-state index in [0.717, 1.165) is 31.9 Å². The Kier molecular flexibility index (Phi) is 5.49. The fraction of sp³-hybridized carbons (Fsp3) is 0.600. The summed E-state index contributed by atoms with van der Waals surface area (Å²) in [4.78, 5) is 0. The van der Waals surface area contributed by atoms with Crippen LogP contribution in [0.1, 0.15) is 39.7 Å². The molecule has 1 aromatic carbocycles. The second kappa shape index (κ2) is 6.65. The second-order valence-corrected chi connectivity index (χ2v) is 4.96. The topological polar surface area (TPSA) is 21.3 Å². The van der Waals surface area contributed by atoms with Gasteiger partial charge < -0.3 is 10.1 Å². The highest BCUT2D eigenvalue weighted by Crippen LogP contribution is 2.27. The monoisotopic (exact) mass is 235 g/mol. The molecule has 17 heavy (non-hydrogen) atoms.